The molecule has 0 saturated heterocycles. The van der Waals surface area contributed by atoms with E-state index in [1.54, 1.807) is 43.3 Å². The third-order valence-corrected chi connectivity index (χ3v) is 3.41. The van der Waals surface area contributed by atoms with E-state index in [2.05, 4.69) is 10.3 Å². The smallest absolute Gasteiger partial charge is 0.328 e. The average Bonchev–Trinajstić information content (AvgIpc) is 2.61. The van der Waals surface area contributed by atoms with Crippen LogP contribution in [0.3, 0.4) is 0 Å². The van der Waals surface area contributed by atoms with E-state index in [9.17, 15) is 14.9 Å². The normalized spacial score (nSPS) is 11.4. The number of pyridine rings is 1. The second-order valence-corrected chi connectivity index (χ2v) is 5.10. The molecule has 8 nitrogen and oxygen atoms in total. The van der Waals surface area contributed by atoms with Crippen molar-refractivity contribution < 1.29 is 19.2 Å². The summed E-state index contributed by atoms with van der Waals surface area (Å²) in [7, 11) is 1.50. The van der Waals surface area contributed by atoms with Crippen LogP contribution in [0.25, 0.3) is 0 Å². The van der Waals surface area contributed by atoms with Crippen molar-refractivity contribution >= 4 is 17.3 Å². The predicted octanol–water partition coefficient (Wildman–Crippen LogP) is 2.58. The van der Waals surface area contributed by atoms with Gasteiger partial charge in [0, 0.05) is 24.2 Å². The molecule has 8 heteroatoms. The quantitative estimate of drug-likeness (QED) is 0.445. The van der Waals surface area contributed by atoms with Gasteiger partial charge in [-0.3, -0.25) is 10.1 Å². The average molecular weight is 345 g/mol. The zero-order chi connectivity index (χ0) is 18.2. The zero-order valence-electron chi connectivity index (χ0n) is 14.0. The molecule has 1 heterocycles. The number of nitrogens with zero attached hydrogens (tertiary/aromatic N) is 2. The van der Waals surface area contributed by atoms with E-state index in [0.717, 1.165) is 0 Å². The van der Waals surface area contributed by atoms with Crippen molar-refractivity contribution in [2.45, 2.75) is 19.4 Å². The Morgan fingerprint density at radius 3 is 2.72 bits per heavy atom. The monoisotopic (exact) mass is 345 g/mol. The van der Waals surface area contributed by atoms with Gasteiger partial charge in [-0.25, -0.2) is 9.78 Å². The molecule has 0 amide bonds. The fourth-order valence-corrected chi connectivity index (χ4v) is 2.27. The summed E-state index contributed by atoms with van der Waals surface area (Å²) in [5, 5.41) is 14.1. The lowest BCUT2D eigenvalue weighted by Crippen LogP contribution is -2.34. The molecule has 132 valence electrons. The van der Waals surface area contributed by atoms with Crippen molar-refractivity contribution in [1.29, 1.82) is 0 Å². The molecule has 0 bridgehead atoms. The summed E-state index contributed by atoms with van der Waals surface area (Å²) in [6.45, 7) is 1.91. The van der Waals surface area contributed by atoms with Crippen LogP contribution in [-0.4, -0.2) is 35.6 Å². The minimum absolute atomic E-state index is 0.115. The molecule has 0 aliphatic heterocycles. The number of esters is 1. The van der Waals surface area contributed by atoms with Gasteiger partial charge in [0.05, 0.1) is 18.6 Å². The van der Waals surface area contributed by atoms with Crippen LogP contribution in [0.4, 0.5) is 11.4 Å². The van der Waals surface area contributed by atoms with Gasteiger partial charge in [-0.2, -0.15) is 0 Å². The number of ether oxygens (including phenoxy) is 2. The number of nitro benzene ring substituents is 1. The molecular formula is C17H19N3O5. The maximum Gasteiger partial charge on any atom is 0.328 e. The van der Waals surface area contributed by atoms with Crippen LogP contribution in [0.5, 0.6) is 5.88 Å². The largest absolute Gasteiger partial charge is 0.481 e. The SMILES string of the molecule is CCOC(=O)C(Cc1cccc(OC)n1)Nc1ccccc1[N+](=O)[O-]. The molecule has 1 unspecified atom stereocenters. The van der Waals surface area contributed by atoms with Crippen molar-refractivity contribution in [2.75, 3.05) is 19.0 Å². The minimum Gasteiger partial charge on any atom is -0.481 e. The first-order valence-electron chi connectivity index (χ1n) is 7.71. The van der Waals surface area contributed by atoms with Crippen LogP contribution in [0.15, 0.2) is 42.5 Å². The highest BCUT2D eigenvalue weighted by atomic mass is 16.6. The molecule has 2 rings (SSSR count). The van der Waals surface area contributed by atoms with E-state index < -0.39 is 16.9 Å². The lowest BCUT2D eigenvalue weighted by molar-refractivity contribution is -0.384. The van der Waals surface area contributed by atoms with Gasteiger partial charge < -0.3 is 14.8 Å². The lowest BCUT2D eigenvalue weighted by Gasteiger charge is -2.18. The second kappa shape index (κ2) is 8.62. The Bertz CT molecular complexity index is 751. The first kappa shape index (κ1) is 18.2. The molecule has 0 spiro atoms. The third kappa shape index (κ3) is 4.90. The van der Waals surface area contributed by atoms with Gasteiger partial charge in [-0.05, 0) is 19.1 Å². The molecule has 0 aliphatic rings. The molecule has 0 fully saturated rings. The second-order valence-electron chi connectivity index (χ2n) is 5.10. The van der Waals surface area contributed by atoms with E-state index >= 15 is 0 Å². The Kier molecular flexibility index (Phi) is 6.27. The number of carbonyl (C=O) groups excluding carboxylic acids is 1. The molecule has 1 N–H and O–H groups in total. The lowest BCUT2D eigenvalue weighted by atomic mass is 10.1. The number of hydrogen-bond acceptors (Lipinski definition) is 7. The molecule has 1 aromatic carbocycles. The fourth-order valence-electron chi connectivity index (χ4n) is 2.27. The Morgan fingerprint density at radius 1 is 1.28 bits per heavy atom. The van der Waals surface area contributed by atoms with E-state index in [-0.39, 0.29) is 24.4 Å². The zero-order valence-corrected chi connectivity index (χ0v) is 14.0. The number of methoxy groups -OCH3 is 1. The Morgan fingerprint density at radius 2 is 2.04 bits per heavy atom. The number of nitro groups is 1. The molecule has 1 aromatic heterocycles. The molecule has 1 atom stereocenters. The number of rotatable bonds is 8. The highest BCUT2D eigenvalue weighted by Gasteiger charge is 2.24. The van der Waals surface area contributed by atoms with Gasteiger partial charge in [-0.1, -0.05) is 18.2 Å². The fraction of sp³-hybridized carbons (Fsp3) is 0.294. The van der Waals surface area contributed by atoms with Gasteiger partial charge in [0.25, 0.3) is 5.69 Å². The maximum absolute atomic E-state index is 12.3. The summed E-state index contributed by atoms with van der Waals surface area (Å²) in [5.74, 6) is -0.0870. The summed E-state index contributed by atoms with van der Waals surface area (Å²) >= 11 is 0. The van der Waals surface area contributed by atoms with Gasteiger partial charge >= 0.3 is 5.97 Å². The standard InChI is InChI=1S/C17H19N3O5/c1-3-25-17(21)14(11-12-7-6-10-16(18-12)24-2)19-13-8-4-5-9-15(13)20(22)23/h4-10,14,19H,3,11H2,1-2H3. The van der Waals surface area contributed by atoms with Gasteiger partial charge in [0.2, 0.25) is 5.88 Å². The highest BCUT2D eigenvalue weighted by Crippen LogP contribution is 2.25. The number of nitrogens with one attached hydrogen (secondary N) is 1. The Balaban J connectivity index is 2.27. The van der Waals surface area contributed by atoms with Crippen LogP contribution >= 0.6 is 0 Å². The van der Waals surface area contributed by atoms with E-state index in [1.807, 2.05) is 0 Å². The first-order chi connectivity index (χ1) is 12.0. The number of benzene rings is 1. The Labute approximate surface area is 144 Å². The van der Waals surface area contributed by atoms with Crippen LogP contribution < -0.4 is 10.1 Å². The number of anilines is 1. The molecule has 0 radical (unpaired) electrons. The predicted molar refractivity (Wildman–Crippen MR) is 91.6 cm³/mol. The molecular weight excluding hydrogens is 326 g/mol. The summed E-state index contributed by atoms with van der Waals surface area (Å²) in [5.41, 5.74) is 0.729. The molecule has 25 heavy (non-hydrogen) atoms. The van der Waals surface area contributed by atoms with E-state index in [1.165, 1.54) is 13.2 Å². The van der Waals surface area contributed by atoms with E-state index in [0.29, 0.717) is 11.6 Å². The number of aromatic nitrogens is 1. The number of para-hydroxylation sites is 2. The first-order valence-corrected chi connectivity index (χ1v) is 7.71. The van der Waals surface area contributed by atoms with Crippen LogP contribution in [0.2, 0.25) is 0 Å². The molecule has 0 saturated carbocycles. The van der Waals surface area contributed by atoms with Crippen molar-refractivity contribution in [2.24, 2.45) is 0 Å². The third-order valence-electron chi connectivity index (χ3n) is 3.41. The van der Waals surface area contributed by atoms with Crippen LogP contribution in [0.1, 0.15) is 12.6 Å². The van der Waals surface area contributed by atoms with Crippen molar-refractivity contribution in [1.82, 2.24) is 4.98 Å². The summed E-state index contributed by atoms with van der Waals surface area (Å²) in [6, 6.07) is 10.5. The van der Waals surface area contributed by atoms with Gasteiger partial charge in [0.1, 0.15) is 11.7 Å². The summed E-state index contributed by atoms with van der Waals surface area (Å²) in [6.07, 6.45) is 0.197. The maximum atomic E-state index is 12.3. The number of carbonyl (C=O) groups is 1. The summed E-state index contributed by atoms with van der Waals surface area (Å²) < 4.78 is 10.2. The van der Waals surface area contributed by atoms with Crippen molar-refractivity contribution in [3.05, 3.63) is 58.3 Å². The van der Waals surface area contributed by atoms with Gasteiger partial charge in [0.15, 0.2) is 0 Å². The topological polar surface area (TPSA) is 104 Å². The van der Waals surface area contributed by atoms with Crippen molar-refractivity contribution in [3.8, 4) is 5.88 Å². The van der Waals surface area contributed by atoms with Gasteiger partial charge in [-0.15, -0.1) is 0 Å². The van der Waals surface area contributed by atoms with E-state index in [4.69, 9.17) is 9.47 Å². The van der Waals surface area contributed by atoms with Crippen molar-refractivity contribution in [3.63, 3.8) is 0 Å². The van der Waals surface area contributed by atoms with Crippen LogP contribution in [-0.2, 0) is 16.0 Å². The Hall–Kier alpha value is -3.16. The molecule has 2 aromatic rings. The highest BCUT2D eigenvalue weighted by molar-refractivity contribution is 5.81. The molecule has 0 aliphatic carbocycles. The summed E-state index contributed by atoms with van der Waals surface area (Å²) in [4.78, 5) is 27.2. The minimum atomic E-state index is -0.819. The van der Waals surface area contributed by atoms with Crippen LogP contribution in [0, 0.1) is 10.1 Å². The number of hydrogen-bond donors (Lipinski definition) is 1.